The van der Waals surface area contributed by atoms with E-state index in [9.17, 15) is 14.7 Å². The first-order valence-electron chi connectivity index (χ1n) is 6.96. The van der Waals surface area contributed by atoms with Crippen LogP contribution in [0.5, 0.6) is 0 Å². The maximum Gasteiger partial charge on any atom is 0.337 e. The van der Waals surface area contributed by atoms with Crippen LogP contribution in [0.3, 0.4) is 0 Å². The Labute approximate surface area is 139 Å². The van der Waals surface area contributed by atoms with Gasteiger partial charge in [-0.25, -0.2) is 4.79 Å². The fraction of sp³-hybridized carbons (Fsp3) is 0.111. The van der Waals surface area contributed by atoms with Gasteiger partial charge >= 0.3 is 5.97 Å². The molecule has 0 radical (unpaired) electrons. The zero-order valence-electron chi connectivity index (χ0n) is 12.8. The summed E-state index contributed by atoms with van der Waals surface area (Å²) in [6.07, 6.45) is 1.74. The molecular weight excluding hydrogens is 314 g/mol. The highest BCUT2D eigenvalue weighted by Crippen LogP contribution is 2.21. The number of carboxylic acid groups (broad SMARTS) is 1. The van der Waals surface area contributed by atoms with Crippen LogP contribution >= 0.6 is 11.6 Å². The summed E-state index contributed by atoms with van der Waals surface area (Å²) in [6.45, 7) is 3.66. The second kappa shape index (κ2) is 7.11. The van der Waals surface area contributed by atoms with Crippen LogP contribution in [-0.4, -0.2) is 17.0 Å². The van der Waals surface area contributed by atoms with Gasteiger partial charge in [-0.05, 0) is 43.7 Å². The molecule has 0 aliphatic heterocycles. The Morgan fingerprint density at radius 3 is 2.39 bits per heavy atom. The molecule has 0 spiro atoms. The predicted octanol–water partition coefficient (Wildman–Crippen LogP) is 4.39. The van der Waals surface area contributed by atoms with E-state index in [1.807, 2.05) is 31.2 Å². The average Bonchev–Trinajstić information content (AvgIpc) is 2.51. The summed E-state index contributed by atoms with van der Waals surface area (Å²) in [7, 11) is 0. The summed E-state index contributed by atoms with van der Waals surface area (Å²) in [5, 5.41) is 12.1. The van der Waals surface area contributed by atoms with Crippen molar-refractivity contribution in [1.29, 1.82) is 0 Å². The van der Waals surface area contributed by atoms with Crippen LogP contribution in [0.2, 0.25) is 5.02 Å². The largest absolute Gasteiger partial charge is 0.478 e. The van der Waals surface area contributed by atoms with Crippen molar-refractivity contribution in [2.75, 3.05) is 5.32 Å². The first-order valence-corrected chi connectivity index (χ1v) is 7.34. The number of benzene rings is 2. The molecule has 2 aromatic carbocycles. The summed E-state index contributed by atoms with van der Waals surface area (Å²) in [6, 6.07) is 12.1. The minimum Gasteiger partial charge on any atom is -0.478 e. The third-order valence-electron chi connectivity index (χ3n) is 3.28. The number of anilines is 1. The van der Waals surface area contributed by atoms with E-state index in [1.165, 1.54) is 18.2 Å². The number of aryl methyl sites for hydroxylation is 1. The number of amides is 1. The monoisotopic (exact) mass is 329 g/mol. The summed E-state index contributed by atoms with van der Waals surface area (Å²) in [5.74, 6) is -1.52. The molecule has 0 aliphatic rings. The van der Waals surface area contributed by atoms with E-state index in [0.717, 1.165) is 11.1 Å². The molecule has 0 heterocycles. The Balaban J connectivity index is 2.21. The van der Waals surface area contributed by atoms with E-state index in [2.05, 4.69) is 5.32 Å². The zero-order chi connectivity index (χ0) is 17.0. The Hall–Kier alpha value is -2.59. The molecule has 5 heteroatoms. The number of hydrogen-bond donors (Lipinski definition) is 2. The highest BCUT2D eigenvalue weighted by Gasteiger charge is 2.14. The van der Waals surface area contributed by atoms with E-state index in [0.29, 0.717) is 10.6 Å². The van der Waals surface area contributed by atoms with Gasteiger partial charge in [0.1, 0.15) is 0 Å². The lowest BCUT2D eigenvalue weighted by molar-refractivity contribution is -0.112. The molecule has 23 heavy (non-hydrogen) atoms. The number of hydrogen-bond acceptors (Lipinski definition) is 2. The summed E-state index contributed by atoms with van der Waals surface area (Å²) in [5.41, 5.74) is 2.67. The lowest BCUT2D eigenvalue weighted by Crippen LogP contribution is -2.15. The van der Waals surface area contributed by atoms with Crippen LogP contribution in [0.4, 0.5) is 5.69 Å². The molecule has 0 unspecified atom stereocenters. The number of nitrogens with one attached hydrogen (secondary N) is 1. The van der Waals surface area contributed by atoms with Gasteiger partial charge in [0, 0.05) is 10.6 Å². The SMILES string of the molecule is CC(=Cc1ccc(C)cc1)C(=O)Nc1ccc(Cl)cc1C(=O)O. The molecule has 0 atom stereocenters. The predicted molar refractivity (Wildman–Crippen MR) is 91.9 cm³/mol. The van der Waals surface area contributed by atoms with Crippen molar-refractivity contribution in [3.63, 3.8) is 0 Å². The van der Waals surface area contributed by atoms with Crippen LogP contribution in [0.15, 0.2) is 48.0 Å². The van der Waals surface area contributed by atoms with E-state index in [-0.39, 0.29) is 17.2 Å². The minimum atomic E-state index is -1.15. The second-order valence-corrected chi connectivity index (χ2v) is 5.62. The first-order chi connectivity index (χ1) is 10.9. The van der Waals surface area contributed by atoms with Crippen molar-refractivity contribution < 1.29 is 14.7 Å². The van der Waals surface area contributed by atoms with Crippen LogP contribution < -0.4 is 5.32 Å². The molecule has 0 aliphatic carbocycles. The number of carbonyl (C=O) groups excluding carboxylic acids is 1. The molecule has 1 amide bonds. The van der Waals surface area contributed by atoms with Crippen LogP contribution in [0.25, 0.3) is 6.08 Å². The van der Waals surface area contributed by atoms with Crippen molar-refractivity contribution in [1.82, 2.24) is 0 Å². The van der Waals surface area contributed by atoms with Gasteiger partial charge in [0.25, 0.3) is 5.91 Å². The number of rotatable bonds is 4. The van der Waals surface area contributed by atoms with Gasteiger partial charge in [0.15, 0.2) is 0 Å². The molecule has 0 aromatic heterocycles. The minimum absolute atomic E-state index is 0.0472. The van der Waals surface area contributed by atoms with E-state index in [1.54, 1.807) is 13.0 Å². The van der Waals surface area contributed by atoms with Crippen molar-refractivity contribution in [3.8, 4) is 0 Å². The molecule has 4 nitrogen and oxygen atoms in total. The summed E-state index contributed by atoms with van der Waals surface area (Å²) in [4.78, 5) is 23.5. The molecule has 0 saturated carbocycles. The van der Waals surface area contributed by atoms with Crippen molar-refractivity contribution in [2.45, 2.75) is 13.8 Å². The van der Waals surface area contributed by atoms with Gasteiger partial charge in [0.2, 0.25) is 0 Å². The van der Waals surface area contributed by atoms with Crippen molar-refractivity contribution >= 4 is 35.2 Å². The van der Waals surface area contributed by atoms with Crippen molar-refractivity contribution in [2.24, 2.45) is 0 Å². The lowest BCUT2D eigenvalue weighted by atomic mass is 10.1. The third-order valence-corrected chi connectivity index (χ3v) is 3.51. The van der Waals surface area contributed by atoms with E-state index < -0.39 is 5.97 Å². The maximum absolute atomic E-state index is 12.2. The van der Waals surface area contributed by atoms with Crippen LogP contribution in [-0.2, 0) is 4.79 Å². The Morgan fingerprint density at radius 2 is 1.78 bits per heavy atom. The summed E-state index contributed by atoms with van der Waals surface area (Å²) >= 11 is 5.79. The van der Waals surface area contributed by atoms with Crippen LogP contribution in [0, 0.1) is 6.92 Å². The van der Waals surface area contributed by atoms with E-state index >= 15 is 0 Å². The molecule has 0 fully saturated rings. The third kappa shape index (κ3) is 4.44. The highest BCUT2D eigenvalue weighted by atomic mass is 35.5. The standard InChI is InChI=1S/C18H16ClNO3/c1-11-3-5-13(6-4-11)9-12(2)17(21)20-16-8-7-14(19)10-15(16)18(22)23/h3-10H,1-2H3,(H,20,21)(H,22,23). The topological polar surface area (TPSA) is 66.4 Å². The lowest BCUT2D eigenvalue weighted by Gasteiger charge is -2.09. The van der Waals surface area contributed by atoms with Gasteiger partial charge < -0.3 is 10.4 Å². The smallest absolute Gasteiger partial charge is 0.337 e. The molecule has 0 bridgehead atoms. The van der Waals surface area contributed by atoms with Crippen LogP contribution in [0.1, 0.15) is 28.4 Å². The molecule has 2 rings (SSSR count). The molecule has 118 valence electrons. The fourth-order valence-electron chi connectivity index (χ4n) is 2.00. The summed E-state index contributed by atoms with van der Waals surface area (Å²) < 4.78 is 0. The number of aromatic carboxylic acids is 1. The number of carbonyl (C=O) groups is 2. The Bertz CT molecular complexity index is 779. The maximum atomic E-state index is 12.2. The number of halogens is 1. The highest BCUT2D eigenvalue weighted by molar-refractivity contribution is 6.31. The molecule has 0 saturated heterocycles. The first kappa shape index (κ1) is 16.8. The van der Waals surface area contributed by atoms with E-state index in [4.69, 9.17) is 11.6 Å². The Kier molecular flexibility index (Phi) is 5.19. The molecule has 2 aromatic rings. The van der Waals surface area contributed by atoms with Gasteiger partial charge in [-0.15, -0.1) is 0 Å². The van der Waals surface area contributed by atoms with Crippen molar-refractivity contribution in [3.05, 3.63) is 69.8 Å². The van der Waals surface area contributed by atoms with Gasteiger partial charge in [-0.1, -0.05) is 41.4 Å². The second-order valence-electron chi connectivity index (χ2n) is 5.19. The molecular formula is C18H16ClNO3. The Morgan fingerprint density at radius 1 is 1.13 bits per heavy atom. The quantitative estimate of drug-likeness (QED) is 0.817. The zero-order valence-corrected chi connectivity index (χ0v) is 13.5. The van der Waals surface area contributed by atoms with Gasteiger partial charge in [-0.2, -0.15) is 0 Å². The number of carboxylic acids is 1. The average molecular weight is 330 g/mol. The normalized spacial score (nSPS) is 11.2. The molecule has 2 N–H and O–H groups in total. The van der Waals surface area contributed by atoms with Gasteiger partial charge in [0.05, 0.1) is 11.3 Å². The fourth-order valence-corrected chi connectivity index (χ4v) is 2.17. The van der Waals surface area contributed by atoms with Gasteiger partial charge in [-0.3, -0.25) is 4.79 Å².